The van der Waals surface area contributed by atoms with Crippen LogP contribution in [-0.2, 0) is 6.42 Å². The lowest BCUT2D eigenvalue weighted by molar-refractivity contribution is -0.386. The second-order valence-corrected chi connectivity index (χ2v) is 3.73. The summed E-state index contributed by atoms with van der Waals surface area (Å²) < 4.78 is 27.2. The van der Waals surface area contributed by atoms with E-state index in [0.717, 1.165) is 18.3 Å². The van der Waals surface area contributed by atoms with E-state index in [1.807, 2.05) is 0 Å². The Labute approximate surface area is 118 Å². The van der Waals surface area contributed by atoms with E-state index in [1.165, 1.54) is 6.07 Å². The van der Waals surface area contributed by atoms with Gasteiger partial charge in [-0.3, -0.25) is 21.8 Å². The quantitative estimate of drug-likeness (QED) is 0.505. The maximum Gasteiger partial charge on any atom is 0.308 e. The molecule has 112 valence electrons. The molecule has 0 aliphatic heterocycles. The molecule has 0 bridgehead atoms. The molecule has 0 unspecified atom stereocenters. The number of hydrazine groups is 1. The van der Waals surface area contributed by atoms with Crippen LogP contribution in [0, 0.1) is 21.7 Å². The highest BCUT2D eigenvalue weighted by molar-refractivity contribution is 5.58. The number of aromatic nitrogens is 2. The van der Waals surface area contributed by atoms with Crippen LogP contribution in [0.1, 0.15) is 12.6 Å². The van der Waals surface area contributed by atoms with E-state index in [-0.39, 0.29) is 29.2 Å². The van der Waals surface area contributed by atoms with E-state index < -0.39 is 16.6 Å². The highest BCUT2D eigenvalue weighted by Gasteiger charge is 2.19. The fourth-order valence-corrected chi connectivity index (χ4v) is 1.66. The van der Waals surface area contributed by atoms with E-state index in [0.29, 0.717) is 0 Å². The summed E-state index contributed by atoms with van der Waals surface area (Å²) in [4.78, 5) is 17.7. The van der Waals surface area contributed by atoms with Crippen molar-refractivity contribution in [1.82, 2.24) is 9.97 Å². The van der Waals surface area contributed by atoms with E-state index in [9.17, 15) is 18.9 Å². The van der Waals surface area contributed by atoms with E-state index in [4.69, 9.17) is 0 Å². The Hall–Kier alpha value is -2.52. The van der Waals surface area contributed by atoms with Crippen LogP contribution in [0.4, 0.5) is 14.5 Å². The van der Waals surface area contributed by atoms with Crippen LogP contribution in [0.25, 0.3) is 11.4 Å². The van der Waals surface area contributed by atoms with Gasteiger partial charge in [-0.2, -0.15) is 0 Å². The van der Waals surface area contributed by atoms with Gasteiger partial charge in [0.1, 0.15) is 23.5 Å². The molecule has 0 amide bonds. The van der Waals surface area contributed by atoms with Crippen molar-refractivity contribution < 1.29 is 13.7 Å². The van der Waals surface area contributed by atoms with Crippen molar-refractivity contribution >= 4 is 5.69 Å². The molecule has 0 atom stereocenters. The summed E-state index contributed by atoms with van der Waals surface area (Å²) in [5, 5.41) is 10.7. The maximum absolute atomic E-state index is 13.6. The van der Waals surface area contributed by atoms with Crippen LogP contribution in [-0.4, -0.2) is 14.9 Å². The van der Waals surface area contributed by atoms with Crippen molar-refractivity contribution in [2.45, 2.75) is 13.3 Å². The fourth-order valence-electron chi connectivity index (χ4n) is 1.66. The zero-order valence-electron chi connectivity index (χ0n) is 11.1. The first-order valence-corrected chi connectivity index (χ1v) is 5.82. The molecule has 1 aromatic heterocycles. The molecule has 2 aromatic rings. The van der Waals surface area contributed by atoms with Crippen LogP contribution in [0.15, 0.2) is 24.4 Å². The van der Waals surface area contributed by atoms with Gasteiger partial charge in [-0.05, 0) is 18.6 Å². The van der Waals surface area contributed by atoms with E-state index >= 15 is 0 Å². The van der Waals surface area contributed by atoms with E-state index in [1.54, 1.807) is 6.92 Å². The molecule has 1 heterocycles. The molecular formula is C12H13F2N5O2. The summed E-state index contributed by atoms with van der Waals surface area (Å²) in [6, 6.07) is 3.38. The maximum atomic E-state index is 13.6. The number of nitrogens with two attached hydrogens (primary N) is 2. The summed E-state index contributed by atoms with van der Waals surface area (Å²) >= 11 is 0. The van der Waals surface area contributed by atoms with Gasteiger partial charge in [-0.1, -0.05) is 13.0 Å². The zero-order valence-corrected chi connectivity index (χ0v) is 11.1. The number of halogens is 2. The summed E-state index contributed by atoms with van der Waals surface area (Å²) in [5.74, 6) is 6.19. The molecule has 4 N–H and O–H groups in total. The van der Waals surface area contributed by atoms with Gasteiger partial charge in [0.25, 0.3) is 0 Å². The van der Waals surface area contributed by atoms with Crippen molar-refractivity contribution in [2.75, 3.05) is 0 Å². The standard InChI is InChI=1S/C12H9F2N3O2.H4N2/c1-2-9-10(17(18)19)6-15-12(16-9)11-7(13)4-3-5-8(11)14;1-2/h3-6H,2H2,1H3;1-2H2. The Morgan fingerprint density at radius 3 is 2.33 bits per heavy atom. The van der Waals surface area contributed by atoms with Gasteiger partial charge in [0.15, 0.2) is 5.82 Å². The molecule has 0 aliphatic carbocycles. The molecule has 0 saturated carbocycles. The van der Waals surface area contributed by atoms with Gasteiger partial charge in [-0.25, -0.2) is 18.7 Å². The summed E-state index contributed by atoms with van der Waals surface area (Å²) in [7, 11) is 0. The Morgan fingerprint density at radius 1 is 1.29 bits per heavy atom. The zero-order chi connectivity index (χ0) is 16.0. The average molecular weight is 297 g/mol. The molecule has 7 nitrogen and oxygen atoms in total. The summed E-state index contributed by atoms with van der Waals surface area (Å²) in [6.45, 7) is 1.66. The highest BCUT2D eigenvalue weighted by atomic mass is 19.1. The molecule has 0 fully saturated rings. The topological polar surface area (TPSA) is 121 Å². The Balaban J connectivity index is 0.00000106. The first-order valence-electron chi connectivity index (χ1n) is 5.82. The first-order chi connectivity index (χ1) is 10.0. The first kappa shape index (κ1) is 16.5. The SMILES string of the molecule is CCc1nc(-c2c(F)cccc2F)ncc1[N+](=O)[O-].NN. The number of hydrogen-bond acceptors (Lipinski definition) is 6. The predicted octanol–water partition coefficient (Wildman–Crippen LogP) is 1.71. The van der Waals surface area contributed by atoms with Gasteiger partial charge in [-0.15, -0.1) is 0 Å². The Bertz CT molecular complexity index is 631. The third-order valence-corrected chi connectivity index (χ3v) is 2.56. The monoisotopic (exact) mass is 297 g/mol. The number of benzene rings is 1. The Morgan fingerprint density at radius 2 is 1.86 bits per heavy atom. The van der Waals surface area contributed by atoms with Gasteiger partial charge < -0.3 is 0 Å². The third kappa shape index (κ3) is 3.52. The fraction of sp³-hybridized carbons (Fsp3) is 0.167. The van der Waals surface area contributed by atoms with Gasteiger partial charge in [0.2, 0.25) is 0 Å². The smallest absolute Gasteiger partial charge is 0.274 e. The van der Waals surface area contributed by atoms with E-state index in [2.05, 4.69) is 21.7 Å². The molecule has 21 heavy (non-hydrogen) atoms. The van der Waals surface area contributed by atoms with Crippen molar-refractivity contribution in [3.8, 4) is 11.4 Å². The molecular weight excluding hydrogens is 284 g/mol. The van der Waals surface area contributed by atoms with Crippen molar-refractivity contribution in [3.05, 3.63) is 51.8 Å². The molecule has 1 aromatic carbocycles. The van der Waals surface area contributed by atoms with Crippen LogP contribution in [0.3, 0.4) is 0 Å². The van der Waals surface area contributed by atoms with Crippen molar-refractivity contribution in [3.63, 3.8) is 0 Å². The molecule has 0 aliphatic rings. The van der Waals surface area contributed by atoms with Crippen LogP contribution in [0.2, 0.25) is 0 Å². The lowest BCUT2D eigenvalue weighted by atomic mass is 10.1. The highest BCUT2D eigenvalue weighted by Crippen LogP contribution is 2.25. The van der Waals surface area contributed by atoms with Crippen LogP contribution < -0.4 is 11.7 Å². The van der Waals surface area contributed by atoms with Gasteiger partial charge in [0.05, 0.1) is 10.5 Å². The number of nitro groups is 1. The molecule has 0 spiro atoms. The lowest BCUT2D eigenvalue weighted by Crippen LogP contribution is -2.03. The summed E-state index contributed by atoms with van der Waals surface area (Å²) in [6.07, 6.45) is 1.23. The third-order valence-electron chi connectivity index (χ3n) is 2.56. The van der Waals surface area contributed by atoms with Crippen molar-refractivity contribution in [2.24, 2.45) is 11.7 Å². The number of hydrogen-bond donors (Lipinski definition) is 2. The molecule has 2 rings (SSSR count). The molecule has 9 heteroatoms. The largest absolute Gasteiger partial charge is 0.308 e. The minimum absolute atomic E-state index is 0.137. The minimum Gasteiger partial charge on any atom is -0.274 e. The second kappa shape index (κ2) is 7.31. The van der Waals surface area contributed by atoms with Crippen LogP contribution in [0.5, 0.6) is 0 Å². The predicted molar refractivity (Wildman–Crippen MR) is 71.8 cm³/mol. The van der Waals surface area contributed by atoms with Gasteiger partial charge >= 0.3 is 5.69 Å². The molecule has 0 saturated heterocycles. The lowest BCUT2D eigenvalue weighted by Gasteiger charge is -2.05. The number of nitrogens with zero attached hydrogens (tertiary/aromatic N) is 3. The normalized spacial score (nSPS) is 9.76. The Kier molecular flexibility index (Phi) is 5.76. The van der Waals surface area contributed by atoms with Crippen molar-refractivity contribution in [1.29, 1.82) is 0 Å². The average Bonchev–Trinajstić information content (AvgIpc) is 2.48. The summed E-state index contributed by atoms with van der Waals surface area (Å²) in [5.41, 5.74) is -0.507. The molecule has 0 radical (unpaired) electrons. The minimum atomic E-state index is -0.809. The number of rotatable bonds is 3. The van der Waals surface area contributed by atoms with Gasteiger partial charge in [0, 0.05) is 0 Å². The van der Waals surface area contributed by atoms with Crippen LogP contribution >= 0.6 is 0 Å². The second-order valence-electron chi connectivity index (χ2n) is 3.73. The number of aryl methyl sites for hydroxylation is 1.